The molecule has 3 fully saturated rings. The predicted octanol–water partition coefficient (Wildman–Crippen LogP) is 2.00. The smallest absolute Gasteiger partial charge is 0.0628 e. The highest BCUT2D eigenvalue weighted by molar-refractivity contribution is 5.06. The second kappa shape index (κ2) is 5.71. The molecule has 0 amide bonds. The summed E-state index contributed by atoms with van der Waals surface area (Å²) in [6, 6.07) is 0.695. The minimum absolute atomic E-state index is 0.0141. The largest absolute Gasteiger partial charge is 0.394 e. The van der Waals surface area contributed by atoms with E-state index < -0.39 is 0 Å². The van der Waals surface area contributed by atoms with Gasteiger partial charge in [-0.15, -0.1) is 0 Å². The van der Waals surface area contributed by atoms with E-state index in [0.717, 1.165) is 18.4 Å². The summed E-state index contributed by atoms with van der Waals surface area (Å²) in [5, 5.41) is 13.8. The van der Waals surface area contributed by atoms with Crippen LogP contribution in [0.5, 0.6) is 0 Å². The van der Waals surface area contributed by atoms with Crippen molar-refractivity contribution in [3.8, 4) is 0 Å². The Balaban J connectivity index is 1.57. The third-order valence-electron chi connectivity index (χ3n) is 5.50. The highest BCUT2D eigenvalue weighted by atomic mass is 16.3. The van der Waals surface area contributed by atoms with Crippen LogP contribution in [0.15, 0.2) is 0 Å². The molecule has 0 aromatic heterocycles. The Bertz CT molecular complexity index is 293. The Morgan fingerprint density at radius 1 is 1.11 bits per heavy atom. The molecule has 1 atom stereocenters. The zero-order chi connectivity index (χ0) is 13.3. The zero-order valence-electron chi connectivity index (χ0n) is 12.4. The summed E-state index contributed by atoms with van der Waals surface area (Å²) in [4.78, 5) is 2.61. The summed E-state index contributed by atoms with van der Waals surface area (Å²) in [6.07, 6.45) is 9.29. The van der Waals surface area contributed by atoms with Crippen molar-refractivity contribution in [3.63, 3.8) is 0 Å². The first-order valence-corrected chi connectivity index (χ1v) is 8.36. The quantitative estimate of drug-likeness (QED) is 0.740. The molecule has 0 bridgehead atoms. The summed E-state index contributed by atoms with van der Waals surface area (Å²) >= 11 is 0. The van der Waals surface area contributed by atoms with Crippen LogP contribution in [-0.2, 0) is 0 Å². The Hall–Kier alpha value is -0.120. The van der Waals surface area contributed by atoms with Gasteiger partial charge >= 0.3 is 0 Å². The van der Waals surface area contributed by atoms with Crippen LogP contribution in [-0.4, -0.2) is 47.8 Å². The number of aliphatic hydroxyl groups is 1. The standard InChI is InChI=1S/C16H30N2O/c1-2-13-7-9-18(10-8-13)11-16(12-19,14-3-4-14)17-15-5-6-15/h13-15,17,19H,2-12H2,1H3. The summed E-state index contributed by atoms with van der Waals surface area (Å²) in [5.74, 6) is 1.67. The van der Waals surface area contributed by atoms with Crippen LogP contribution in [0.1, 0.15) is 51.9 Å². The van der Waals surface area contributed by atoms with Crippen LogP contribution in [0.3, 0.4) is 0 Å². The van der Waals surface area contributed by atoms with Gasteiger partial charge in [0.15, 0.2) is 0 Å². The van der Waals surface area contributed by atoms with Gasteiger partial charge in [-0.25, -0.2) is 0 Å². The monoisotopic (exact) mass is 266 g/mol. The van der Waals surface area contributed by atoms with E-state index in [4.69, 9.17) is 0 Å². The molecule has 3 heteroatoms. The lowest BCUT2D eigenvalue weighted by molar-refractivity contribution is 0.0707. The molecular formula is C16H30N2O. The molecule has 2 aliphatic carbocycles. The molecule has 0 spiro atoms. The van der Waals surface area contributed by atoms with Crippen molar-refractivity contribution in [1.82, 2.24) is 10.2 Å². The average molecular weight is 266 g/mol. The molecular weight excluding hydrogens is 236 g/mol. The first-order chi connectivity index (χ1) is 9.25. The fraction of sp³-hybridized carbons (Fsp3) is 1.00. The molecule has 0 radical (unpaired) electrons. The van der Waals surface area contributed by atoms with Gasteiger partial charge in [-0.1, -0.05) is 13.3 Å². The van der Waals surface area contributed by atoms with E-state index in [9.17, 15) is 5.11 Å². The zero-order valence-corrected chi connectivity index (χ0v) is 12.4. The maximum Gasteiger partial charge on any atom is 0.0628 e. The Morgan fingerprint density at radius 3 is 2.26 bits per heavy atom. The number of nitrogens with zero attached hydrogens (tertiary/aromatic N) is 1. The third kappa shape index (κ3) is 3.32. The van der Waals surface area contributed by atoms with Gasteiger partial charge in [0.25, 0.3) is 0 Å². The number of hydrogen-bond donors (Lipinski definition) is 2. The number of nitrogens with one attached hydrogen (secondary N) is 1. The van der Waals surface area contributed by atoms with Crippen molar-refractivity contribution in [3.05, 3.63) is 0 Å². The molecule has 1 saturated heterocycles. The van der Waals surface area contributed by atoms with E-state index in [0.29, 0.717) is 12.6 Å². The molecule has 1 unspecified atom stereocenters. The van der Waals surface area contributed by atoms with Gasteiger partial charge in [-0.05, 0) is 63.5 Å². The second-order valence-corrected chi connectivity index (χ2v) is 7.13. The van der Waals surface area contributed by atoms with E-state index >= 15 is 0 Å². The Kier molecular flexibility index (Phi) is 4.16. The molecule has 1 aliphatic heterocycles. The maximum atomic E-state index is 10.0. The lowest BCUT2D eigenvalue weighted by Gasteiger charge is -2.41. The molecule has 19 heavy (non-hydrogen) atoms. The van der Waals surface area contributed by atoms with E-state index in [1.54, 1.807) is 0 Å². The predicted molar refractivity (Wildman–Crippen MR) is 78.2 cm³/mol. The molecule has 3 nitrogen and oxygen atoms in total. The van der Waals surface area contributed by atoms with Crippen LogP contribution < -0.4 is 5.32 Å². The van der Waals surface area contributed by atoms with Gasteiger partial charge in [0.2, 0.25) is 0 Å². The van der Waals surface area contributed by atoms with Gasteiger partial charge < -0.3 is 15.3 Å². The fourth-order valence-corrected chi connectivity index (χ4v) is 3.74. The van der Waals surface area contributed by atoms with Crippen LogP contribution in [0.25, 0.3) is 0 Å². The molecule has 110 valence electrons. The van der Waals surface area contributed by atoms with Crippen molar-refractivity contribution < 1.29 is 5.11 Å². The first kappa shape index (κ1) is 13.8. The highest BCUT2D eigenvalue weighted by Gasteiger charge is 2.48. The fourth-order valence-electron chi connectivity index (χ4n) is 3.74. The minimum Gasteiger partial charge on any atom is -0.394 e. The van der Waals surface area contributed by atoms with Crippen LogP contribution in [0, 0.1) is 11.8 Å². The van der Waals surface area contributed by atoms with Crippen molar-refractivity contribution in [1.29, 1.82) is 0 Å². The van der Waals surface area contributed by atoms with Crippen LogP contribution in [0.2, 0.25) is 0 Å². The van der Waals surface area contributed by atoms with E-state index in [2.05, 4.69) is 17.1 Å². The SMILES string of the molecule is CCC1CCN(CC(CO)(NC2CC2)C2CC2)CC1. The van der Waals surface area contributed by atoms with Gasteiger partial charge in [0.05, 0.1) is 12.1 Å². The molecule has 1 heterocycles. The number of rotatable bonds is 7. The van der Waals surface area contributed by atoms with Crippen LogP contribution in [0.4, 0.5) is 0 Å². The molecule has 0 aromatic carbocycles. The maximum absolute atomic E-state index is 10.0. The topological polar surface area (TPSA) is 35.5 Å². The molecule has 3 rings (SSSR count). The van der Waals surface area contributed by atoms with Gasteiger partial charge in [0.1, 0.15) is 0 Å². The summed E-state index contributed by atoms with van der Waals surface area (Å²) in [5.41, 5.74) is 0.0141. The molecule has 3 aliphatic rings. The summed E-state index contributed by atoms with van der Waals surface area (Å²) < 4.78 is 0. The lowest BCUT2D eigenvalue weighted by atomic mass is 9.89. The summed E-state index contributed by atoms with van der Waals surface area (Å²) in [7, 11) is 0. The van der Waals surface area contributed by atoms with E-state index in [1.165, 1.54) is 58.0 Å². The normalized spacial score (nSPS) is 29.4. The number of aliphatic hydroxyl groups excluding tert-OH is 1. The van der Waals surface area contributed by atoms with Crippen molar-refractivity contribution >= 4 is 0 Å². The average Bonchev–Trinajstić information content (AvgIpc) is 3.31. The number of hydrogen-bond acceptors (Lipinski definition) is 3. The number of piperidine rings is 1. The van der Waals surface area contributed by atoms with E-state index in [1.807, 2.05) is 0 Å². The summed E-state index contributed by atoms with van der Waals surface area (Å²) in [6.45, 7) is 6.18. The van der Waals surface area contributed by atoms with Gasteiger partial charge in [-0.2, -0.15) is 0 Å². The van der Waals surface area contributed by atoms with Crippen LogP contribution >= 0.6 is 0 Å². The van der Waals surface area contributed by atoms with Crippen molar-refractivity contribution in [2.24, 2.45) is 11.8 Å². The van der Waals surface area contributed by atoms with Crippen molar-refractivity contribution in [2.45, 2.75) is 63.5 Å². The minimum atomic E-state index is 0.0141. The third-order valence-corrected chi connectivity index (χ3v) is 5.50. The second-order valence-electron chi connectivity index (χ2n) is 7.13. The molecule has 0 aromatic rings. The molecule has 2 saturated carbocycles. The first-order valence-electron chi connectivity index (χ1n) is 8.36. The van der Waals surface area contributed by atoms with E-state index in [-0.39, 0.29) is 5.54 Å². The van der Waals surface area contributed by atoms with Crippen molar-refractivity contribution in [2.75, 3.05) is 26.2 Å². The Labute approximate surface area is 117 Å². The van der Waals surface area contributed by atoms with Gasteiger partial charge in [0, 0.05) is 12.6 Å². The number of likely N-dealkylation sites (tertiary alicyclic amines) is 1. The Morgan fingerprint density at radius 2 is 1.79 bits per heavy atom. The lowest BCUT2D eigenvalue weighted by Crippen LogP contribution is -2.59. The highest BCUT2D eigenvalue weighted by Crippen LogP contribution is 2.42. The van der Waals surface area contributed by atoms with Gasteiger partial charge in [-0.3, -0.25) is 0 Å². The molecule has 2 N–H and O–H groups in total.